The average Bonchev–Trinajstić information content (AvgIpc) is 2.13. The number of nitrogens with two attached hydrogens (primary N) is 1. The van der Waals surface area contributed by atoms with Gasteiger partial charge in [-0.3, -0.25) is 0 Å². The first-order valence-electron chi connectivity index (χ1n) is 3.21. The first-order chi connectivity index (χ1) is 4.83. The van der Waals surface area contributed by atoms with E-state index in [-0.39, 0.29) is 0 Å². The Balaban J connectivity index is 2.77. The Morgan fingerprint density at radius 3 is 3.10 bits per heavy atom. The van der Waals surface area contributed by atoms with Crippen LogP contribution in [0.5, 0.6) is 0 Å². The molecule has 0 fully saturated rings. The van der Waals surface area contributed by atoms with Gasteiger partial charge in [-0.25, -0.2) is 0 Å². The lowest BCUT2D eigenvalue weighted by Crippen LogP contribution is -1.93. The molecule has 0 bridgehead atoms. The molecule has 1 aliphatic rings. The number of methoxy groups -OCH3 is 1. The Morgan fingerprint density at radius 1 is 1.60 bits per heavy atom. The van der Waals surface area contributed by atoms with Crippen LogP contribution in [0, 0.1) is 0 Å². The van der Waals surface area contributed by atoms with Crippen LogP contribution in [-0.4, -0.2) is 7.11 Å². The molecule has 0 aliphatic heterocycles. The van der Waals surface area contributed by atoms with E-state index in [2.05, 4.69) is 0 Å². The zero-order valence-electron chi connectivity index (χ0n) is 6.00. The van der Waals surface area contributed by atoms with E-state index < -0.39 is 0 Å². The van der Waals surface area contributed by atoms with Gasteiger partial charge in [-0.1, -0.05) is 6.08 Å². The van der Waals surface area contributed by atoms with Gasteiger partial charge in [0.25, 0.3) is 0 Å². The highest BCUT2D eigenvalue weighted by molar-refractivity contribution is 5.28. The summed E-state index contributed by atoms with van der Waals surface area (Å²) >= 11 is 0. The van der Waals surface area contributed by atoms with Gasteiger partial charge in [-0.15, -0.1) is 0 Å². The molecule has 2 nitrogen and oxygen atoms in total. The van der Waals surface area contributed by atoms with Crippen LogP contribution in [0.1, 0.15) is 6.42 Å². The third-order valence-corrected chi connectivity index (χ3v) is 1.31. The fourth-order valence-corrected chi connectivity index (χ4v) is 0.802. The Bertz CT molecular complexity index is 201. The Morgan fingerprint density at radius 2 is 2.40 bits per heavy atom. The second kappa shape index (κ2) is 3.11. The molecule has 0 unspecified atom stereocenters. The third kappa shape index (κ3) is 1.65. The summed E-state index contributed by atoms with van der Waals surface area (Å²) in [5.41, 5.74) is 6.30. The molecular formula is C8H11NO. The predicted molar refractivity (Wildman–Crippen MR) is 41.1 cm³/mol. The van der Waals surface area contributed by atoms with Crippen molar-refractivity contribution in [1.29, 1.82) is 0 Å². The maximum atomic E-state index is 5.55. The summed E-state index contributed by atoms with van der Waals surface area (Å²) in [6, 6.07) is 0. The molecule has 2 N–H and O–H groups in total. The van der Waals surface area contributed by atoms with Crippen LogP contribution < -0.4 is 5.73 Å². The predicted octanol–water partition coefficient (Wildman–Crippen LogP) is 1.32. The molecule has 1 aliphatic carbocycles. The van der Waals surface area contributed by atoms with Crippen molar-refractivity contribution in [1.82, 2.24) is 0 Å². The first kappa shape index (κ1) is 6.93. The van der Waals surface area contributed by atoms with Gasteiger partial charge in [0.2, 0.25) is 0 Å². The molecule has 0 aromatic rings. The van der Waals surface area contributed by atoms with Crippen LogP contribution >= 0.6 is 0 Å². The quantitative estimate of drug-likeness (QED) is 0.591. The van der Waals surface area contributed by atoms with Crippen molar-refractivity contribution in [3.05, 3.63) is 35.8 Å². The molecule has 1 rings (SSSR count). The van der Waals surface area contributed by atoms with Gasteiger partial charge >= 0.3 is 0 Å². The van der Waals surface area contributed by atoms with Crippen LogP contribution in [0.25, 0.3) is 0 Å². The molecular weight excluding hydrogens is 126 g/mol. The highest BCUT2D eigenvalue weighted by atomic mass is 16.5. The van der Waals surface area contributed by atoms with E-state index in [0.717, 1.165) is 17.9 Å². The Kier molecular flexibility index (Phi) is 2.15. The van der Waals surface area contributed by atoms with E-state index >= 15 is 0 Å². The molecule has 2 heteroatoms. The molecule has 0 saturated carbocycles. The van der Waals surface area contributed by atoms with Gasteiger partial charge < -0.3 is 10.5 Å². The summed E-state index contributed by atoms with van der Waals surface area (Å²) in [7, 11) is 1.64. The minimum absolute atomic E-state index is 0.741. The molecule has 0 aromatic heterocycles. The zero-order valence-corrected chi connectivity index (χ0v) is 6.00. The number of hydrogen-bond donors (Lipinski definition) is 1. The minimum atomic E-state index is 0.741. The van der Waals surface area contributed by atoms with E-state index in [0.29, 0.717) is 0 Å². The number of hydrogen-bond acceptors (Lipinski definition) is 2. The first-order valence-corrected chi connectivity index (χ1v) is 3.21. The summed E-state index contributed by atoms with van der Waals surface area (Å²) in [5.74, 6) is 0.836. The van der Waals surface area contributed by atoms with Crippen molar-refractivity contribution in [3.8, 4) is 0 Å². The van der Waals surface area contributed by atoms with Gasteiger partial charge in [0, 0.05) is 11.8 Å². The third-order valence-electron chi connectivity index (χ3n) is 1.31. The molecule has 0 spiro atoms. The molecule has 0 heterocycles. The average molecular weight is 137 g/mol. The standard InChI is InChI=1S/C8H11NO/c1-10-8-5-3-2-4-7(9)6-8/h2,4-6H,3,9H2,1H3. The van der Waals surface area contributed by atoms with Crippen LogP contribution in [0.4, 0.5) is 0 Å². The van der Waals surface area contributed by atoms with Crippen LogP contribution in [0.15, 0.2) is 35.8 Å². The van der Waals surface area contributed by atoms with Crippen LogP contribution in [0.2, 0.25) is 0 Å². The lowest BCUT2D eigenvalue weighted by Gasteiger charge is -1.97. The second-order valence-corrected chi connectivity index (χ2v) is 2.09. The molecule has 0 aromatic carbocycles. The van der Waals surface area contributed by atoms with Crippen molar-refractivity contribution in [2.24, 2.45) is 5.73 Å². The van der Waals surface area contributed by atoms with E-state index in [1.165, 1.54) is 0 Å². The van der Waals surface area contributed by atoms with E-state index in [9.17, 15) is 0 Å². The van der Waals surface area contributed by atoms with E-state index in [4.69, 9.17) is 10.5 Å². The summed E-state index contributed by atoms with van der Waals surface area (Å²) in [6.45, 7) is 0. The van der Waals surface area contributed by atoms with Crippen molar-refractivity contribution in [2.75, 3.05) is 7.11 Å². The molecule has 0 amide bonds. The summed E-state index contributed by atoms with van der Waals surface area (Å²) < 4.78 is 5.01. The molecule has 54 valence electrons. The molecule has 0 radical (unpaired) electrons. The van der Waals surface area contributed by atoms with Gasteiger partial charge in [0.1, 0.15) is 5.76 Å². The van der Waals surface area contributed by atoms with E-state index in [1.54, 1.807) is 7.11 Å². The van der Waals surface area contributed by atoms with Gasteiger partial charge in [0.15, 0.2) is 0 Å². The largest absolute Gasteiger partial charge is 0.497 e. The highest BCUT2D eigenvalue weighted by Crippen LogP contribution is 2.07. The molecule has 10 heavy (non-hydrogen) atoms. The number of ether oxygens (including phenoxy) is 1. The van der Waals surface area contributed by atoms with Crippen molar-refractivity contribution >= 4 is 0 Å². The summed E-state index contributed by atoms with van der Waals surface area (Å²) in [6.07, 6.45) is 8.56. The van der Waals surface area contributed by atoms with Gasteiger partial charge in [-0.05, 0) is 18.6 Å². The fraction of sp³-hybridized carbons (Fsp3) is 0.250. The van der Waals surface area contributed by atoms with Crippen molar-refractivity contribution in [2.45, 2.75) is 6.42 Å². The van der Waals surface area contributed by atoms with Gasteiger partial charge in [-0.2, -0.15) is 0 Å². The second-order valence-electron chi connectivity index (χ2n) is 2.09. The Labute approximate surface area is 60.7 Å². The maximum Gasteiger partial charge on any atom is 0.117 e. The van der Waals surface area contributed by atoms with Gasteiger partial charge in [0.05, 0.1) is 7.11 Å². The smallest absolute Gasteiger partial charge is 0.117 e. The number of allylic oxidation sites excluding steroid dienone is 4. The SMILES string of the molecule is COC1=CCC=CC(N)=C1. The summed E-state index contributed by atoms with van der Waals surface area (Å²) in [5, 5.41) is 0. The highest BCUT2D eigenvalue weighted by Gasteiger charge is 1.93. The minimum Gasteiger partial charge on any atom is -0.497 e. The van der Waals surface area contributed by atoms with Crippen molar-refractivity contribution in [3.63, 3.8) is 0 Å². The topological polar surface area (TPSA) is 35.2 Å². The molecule has 0 saturated heterocycles. The van der Waals surface area contributed by atoms with Crippen molar-refractivity contribution < 1.29 is 4.74 Å². The maximum absolute atomic E-state index is 5.55. The molecule has 0 atom stereocenters. The lowest BCUT2D eigenvalue weighted by molar-refractivity contribution is 0.305. The lowest BCUT2D eigenvalue weighted by atomic mass is 10.3. The normalized spacial score (nSPS) is 17.3. The van der Waals surface area contributed by atoms with Crippen LogP contribution in [-0.2, 0) is 4.74 Å². The Hall–Kier alpha value is -1.18. The summed E-state index contributed by atoms with van der Waals surface area (Å²) in [4.78, 5) is 0. The van der Waals surface area contributed by atoms with E-state index in [1.807, 2.05) is 24.3 Å². The number of rotatable bonds is 1. The fourth-order valence-electron chi connectivity index (χ4n) is 0.802. The van der Waals surface area contributed by atoms with Crippen LogP contribution in [0.3, 0.4) is 0 Å². The monoisotopic (exact) mass is 137 g/mol. The zero-order chi connectivity index (χ0) is 7.40.